The summed E-state index contributed by atoms with van der Waals surface area (Å²) in [5.74, 6) is 0.131. The number of rotatable bonds is 3. The zero-order valence-electron chi connectivity index (χ0n) is 12.3. The summed E-state index contributed by atoms with van der Waals surface area (Å²) in [6.45, 7) is 5.96. The van der Waals surface area contributed by atoms with E-state index in [-0.39, 0.29) is 11.9 Å². The van der Waals surface area contributed by atoms with Gasteiger partial charge in [0.05, 0.1) is 5.60 Å². The molecule has 2 rings (SSSR count). The number of carbonyl (C=O) groups is 1. The van der Waals surface area contributed by atoms with Crippen LogP contribution in [0.5, 0.6) is 0 Å². The topological polar surface area (TPSA) is 61.4 Å². The summed E-state index contributed by atoms with van der Waals surface area (Å²) >= 11 is 0. The molecule has 0 bridgehead atoms. The molecule has 1 heterocycles. The normalized spacial score (nSPS) is 30.5. The minimum Gasteiger partial charge on any atom is -0.389 e. The highest BCUT2D eigenvalue weighted by Gasteiger charge is 2.36. The van der Waals surface area contributed by atoms with Crippen molar-refractivity contribution in [1.29, 1.82) is 0 Å². The van der Waals surface area contributed by atoms with Crippen molar-refractivity contribution in [1.82, 2.24) is 10.6 Å². The minimum atomic E-state index is -0.571. The van der Waals surface area contributed by atoms with Crippen LogP contribution in [0.3, 0.4) is 0 Å². The molecule has 1 amide bonds. The Hall–Kier alpha value is -0.610. The second kappa shape index (κ2) is 5.80. The highest BCUT2D eigenvalue weighted by Crippen LogP contribution is 2.39. The lowest BCUT2D eigenvalue weighted by atomic mass is 9.71. The van der Waals surface area contributed by atoms with Crippen LogP contribution in [-0.4, -0.2) is 35.7 Å². The van der Waals surface area contributed by atoms with Crippen LogP contribution < -0.4 is 10.6 Å². The van der Waals surface area contributed by atoms with Gasteiger partial charge in [0.1, 0.15) is 0 Å². The summed E-state index contributed by atoms with van der Waals surface area (Å²) in [4.78, 5) is 11.5. The molecular formula is C15H28N2O2. The molecule has 0 aromatic rings. The van der Waals surface area contributed by atoms with Gasteiger partial charge in [0.25, 0.3) is 0 Å². The molecule has 2 fully saturated rings. The lowest BCUT2D eigenvalue weighted by Crippen LogP contribution is -2.48. The first-order valence-electron chi connectivity index (χ1n) is 7.61. The van der Waals surface area contributed by atoms with Crippen LogP contribution in [0.4, 0.5) is 0 Å². The van der Waals surface area contributed by atoms with E-state index in [1.54, 1.807) is 0 Å². The average molecular weight is 268 g/mol. The fourth-order valence-corrected chi connectivity index (χ4v) is 3.05. The summed E-state index contributed by atoms with van der Waals surface area (Å²) in [6, 6.07) is 0.224. The van der Waals surface area contributed by atoms with Crippen LogP contribution in [0, 0.1) is 5.41 Å². The number of hydrogen-bond acceptors (Lipinski definition) is 3. The van der Waals surface area contributed by atoms with E-state index in [1.807, 2.05) is 0 Å². The Labute approximate surface area is 116 Å². The third kappa shape index (κ3) is 4.46. The van der Waals surface area contributed by atoms with Gasteiger partial charge >= 0.3 is 0 Å². The van der Waals surface area contributed by atoms with Gasteiger partial charge < -0.3 is 15.7 Å². The van der Waals surface area contributed by atoms with Crippen molar-refractivity contribution in [2.45, 2.75) is 70.4 Å². The van der Waals surface area contributed by atoms with Gasteiger partial charge in [0, 0.05) is 25.6 Å². The van der Waals surface area contributed by atoms with E-state index in [4.69, 9.17) is 0 Å². The molecule has 1 aliphatic heterocycles. The van der Waals surface area contributed by atoms with Crippen LogP contribution in [0.15, 0.2) is 0 Å². The number of amides is 1. The predicted molar refractivity (Wildman–Crippen MR) is 75.9 cm³/mol. The van der Waals surface area contributed by atoms with Crippen molar-refractivity contribution < 1.29 is 9.90 Å². The Morgan fingerprint density at radius 1 is 1.32 bits per heavy atom. The molecule has 4 heteroatoms. The van der Waals surface area contributed by atoms with E-state index in [2.05, 4.69) is 24.5 Å². The molecule has 1 saturated heterocycles. The Morgan fingerprint density at radius 3 is 2.68 bits per heavy atom. The molecule has 1 saturated carbocycles. The molecule has 2 aliphatic rings. The van der Waals surface area contributed by atoms with Crippen molar-refractivity contribution in [2.24, 2.45) is 5.41 Å². The van der Waals surface area contributed by atoms with Crippen LogP contribution in [-0.2, 0) is 4.79 Å². The predicted octanol–water partition coefficient (Wildman–Crippen LogP) is 1.58. The standard InChI is InChI=1S/C15H28N2O2/c1-14(2)5-7-15(19,8-6-14)11-17-12-4-3-9-16-13(18)10-12/h12,17,19H,3-11H2,1-2H3,(H,16,18). The maximum absolute atomic E-state index is 11.5. The van der Waals surface area contributed by atoms with Gasteiger partial charge in [-0.1, -0.05) is 13.8 Å². The first-order chi connectivity index (χ1) is 8.89. The van der Waals surface area contributed by atoms with Crippen LogP contribution in [0.25, 0.3) is 0 Å². The largest absolute Gasteiger partial charge is 0.389 e. The fourth-order valence-electron chi connectivity index (χ4n) is 3.05. The second-order valence-electron chi connectivity index (χ2n) is 7.16. The van der Waals surface area contributed by atoms with Crippen molar-refractivity contribution in [3.05, 3.63) is 0 Å². The second-order valence-corrected chi connectivity index (χ2v) is 7.16. The van der Waals surface area contributed by atoms with Crippen LogP contribution >= 0.6 is 0 Å². The van der Waals surface area contributed by atoms with Gasteiger partial charge in [0.2, 0.25) is 5.91 Å². The smallest absolute Gasteiger partial charge is 0.221 e. The van der Waals surface area contributed by atoms with Crippen molar-refractivity contribution in [3.63, 3.8) is 0 Å². The lowest BCUT2D eigenvalue weighted by molar-refractivity contribution is -0.121. The molecule has 1 aliphatic carbocycles. The van der Waals surface area contributed by atoms with Gasteiger partial charge in [-0.25, -0.2) is 0 Å². The minimum absolute atomic E-state index is 0.131. The van der Waals surface area contributed by atoms with Crippen LogP contribution in [0.1, 0.15) is 58.8 Å². The van der Waals surface area contributed by atoms with E-state index < -0.39 is 5.60 Å². The van der Waals surface area contributed by atoms with Gasteiger partial charge in [-0.3, -0.25) is 4.79 Å². The number of hydrogen-bond donors (Lipinski definition) is 3. The average Bonchev–Trinajstić information content (AvgIpc) is 2.56. The highest BCUT2D eigenvalue weighted by atomic mass is 16.3. The molecule has 0 radical (unpaired) electrons. The van der Waals surface area contributed by atoms with Crippen molar-refractivity contribution >= 4 is 5.91 Å². The van der Waals surface area contributed by atoms with Crippen molar-refractivity contribution in [2.75, 3.05) is 13.1 Å². The van der Waals surface area contributed by atoms with Crippen LogP contribution in [0.2, 0.25) is 0 Å². The van der Waals surface area contributed by atoms with Gasteiger partial charge in [0.15, 0.2) is 0 Å². The summed E-state index contributed by atoms with van der Waals surface area (Å²) in [7, 11) is 0. The summed E-state index contributed by atoms with van der Waals surface area (Å²) in [5.41, 5.74) is -0.202. The molecule has 4 nitrogen and oxygen atoms in total. The third-order valence-electron chi connectivity index (χ3n) is 4.74. The summed E-state index contributed by atoms with van der Waals surface area (Å²) in [5, 5.41) is 16.9. The fraction of sp³-hybridized carbons (Fsp3) is 0.933. The maximum Gasteiger partial charge on any atom is 0.221 e. The third-order valence-corrected chi connectivity index (χ3v) is 4.74. The highest BCUT2D eigenvalue weighted by molar-refractivity contribution is 5.76. The molecule has 110 valence electrons. The molecule has 1 unspecified atom stereocenters. The van der Waals surface area contributed by atoms with E-state index in [0.29, 0.717) is 18.4 Å². The number of nitrogens with one attached hydrogen (secondary N) is 2. The number of aliphatic hydroxyl groups is 1. The Morgan fingerprint density at radius 2 is 2.00 bits per heavy atom. The molecular weight excluding hydrogens is 240 g/mol. The van der Waals surface area contributed by atoms with E-state index in [9.17, 15) is 9.90 Å². The SMILES string of the molecule is CC1(C)CCC(O)(CNC2CCCNC(=O)C2)CC1. The quantitative estimate of drug-likeness (QED) is 0.728. The molecule has 0 aromatic carbocycles. The first-order valence-corrected chi connectivity index (χ1v) is 7.61. The zero-order valence-corrected chi connectivity index (χ0v) is 12.3. The molecule has 0 aromatic heterocycles. The molecule has 3 N–H and O–H groups in total. The Kier molecular flexibility index (Phi) is 4.51. The Balaban J connectivity index is 1.79. The monoisotopic (exact) mass is 268 g/mol. The number of carbonyl (C=O) groups excluding carboxylic acids is 1. The van der Waals surface area contributed by atoms with E-state index in [1.165, 1.54) is 0 Å². The first kappa shape index (κ1) is 14.8. The summed E-state index contributed by atoms with van der Waals surface area (Å²) < 4.78 is 0. The zero-order chi connectivity index (χ0) is 13.9. The molecule has 0 spiro atoms. The Bertz CT molecular complexity index is 318. The maximum atomic E-state index is 11.5. The van der Waals surface area contributed by atoms with E-state index >= 15 is 0 Å². The lowest BCUT2D eigenvalue weighted by Gasteiger charge is -2.41. The molecule has 19 heavy (non-hydrogen) atoms. The van der Waals surface area contributed by atoms with Gasteiger partial charge in [-0.2, -0.15) is 0 Å². The van der Waals surface area contributed by atoms with Crippen molar-refractivity contribution in [3.8, 4) is 0 Å². The van der Waals surface area contributed by atoms with E-state index in [0.717, 1.165) is 45.1 Å². The summed E-state index contributed by atoms with van der Waals surface area (Å²) in [6.07, 6.45) is 6.47. The van der Waals surface area contributed by atoms with Gasteiger partial charge in [-0.05, 0) is 43.9 Å². The molecule has 1 atom stereocenters. The van der Waals surface area contributed by atoms with Gasteiger partial charge in [-0.15, -0.1) is 0 Å².